The second kappa shape index (κ2) is 6.36. The molecule has 2 heterocycles. The molecule has 0 aliphatic carbocycles. The highest BCUT2D eigenvalue weighted by Crippen LogP contribution is 2.21. The fourth-order valence-corrected chi connectivity index (χ4v) is 3.00. The third-order valence-electron chi connectivity index (χ3n) is 4.23. The second-order valence-corrected chi connectivity index (χ2v) is 5.69. The fourth-order valence-electron chi connectivity index (χ4n) is 3.00. The summed E-state index contributed by atoms with van der Waals surface area (Å²) in [5, 5.41) is 0. The Morgan fingerprint density at radius 1 is 1.30 bits per heavy atom. The number of likely N-dealkylation sites (tertiary alicyclic amines) is 1. The normalized spacial score (nSPS) is 21.0. The van der Waals surface area contributed by atoms with Crippen LogP contribution < -0.4 is 0 Å². The van der Waals surface area contributed by atoms with Crippen LogP contribution >= 0.6 is 0 Å². The van der Waals surface area contributed by atoms with Crippen LogP contribution in [0.4, 0.5) is 9.18 Å². The van der Waals surface area contributed by atoms with Crippen molar-refractivity contribution >= 4 is 17.9 Å². The van der Waals surface area contributed by atoms with E-state index in [4.69, 9.17) is 4.74 Å². The van der Waals surface area contributed by atoms with Gasteiger partial charge in [-0.1, -0.05) is 18.2 Å². The summed E-state index contributed by atoms with van der Waals surface area (Å²) in [6.07, 6.45) is 0.441. The molecule has 0 bridgehead atoms. The second-order valence-electron chi connectivity index (χ2n) is 5.69. The van der Waals surface area contributed by atoms with Crippen LogP contribution in [-0.4, -0.2) is 53.4 Å². The van der Waals surface area contributed by atoms with Crippen molar-refractivity contribution < 1.29 is 23.5 Å². The molecule has 23 heavy (non-hydrogen) atoms. The molecule has 2 aliphatic rings. The topological polar surface area (TPSA) is 66.9 Å². The van der Waals surface area contributed by atoms with Gasteiger partial charge in [0.15, 0.2) is 6.61 Å². The maximum atomic E-state index is 13.5. The molecule has 0 aromatic heterocycles. The molecule has 0 spiro atoms. The van der Waals surface area contributed by atoms with Crippen LogP contribution in [0.2, 0.25) is 0 Å². The number of rotatable bonds is 4. The molecule has 7 heteroatoms. The summed E-state index contributed by atoms with van der Waals surface area (Å²) in [5.41, 5.74) is 0.509. The van der Waals surface area contributed by atoms with Crippen molar-refractivity contribution in [3.05, 3.63) is 35.6 Å². The molecular weight excluding hydrogens is 303 g/mol. The molecule has 1 atom stereocenters. The quantitative estimate of drug-likeness (QED) is 0.839. The number of benzene rings is 1. The van der Waals surface area contributed by atoms with Gasteiger partial charge in [-0.2, -0.15) is 0 Å². The van der Waals surface area contributed by atoms with E-state index >= 15 is 0 Å². The number of carbonyl (C=O) groups is 3. The van der Waals surface area contributed by atoms with Gasteiger partial charge in [-0.15, -0.1) is 0 Å². The Balaban J connectivity index is 1.54. The van der Waals surface area contributed by atoms with Crippen molar-refractivity contribution in [3.8, 4) is 0 Å². The van der Waals surface area contributed by atoms with Gasteiger partial charge in [0.25, 0.3) is 5.91 Å². The van der Waals surface area contributed by atoms with Gasteiger partial charge in [0.2, 0.25) is 5.91 Å². The van der Waals surface area contributed by atoms with Crippen molar-refractivity contribution in [1.82, 2.24) is 9.80 Å². The number of aryl methyl sites for hydroxylation is 1. The van der Waals surface area contributed by atoms with Gasteiger partial charge in [-0.3, -0.25) is 9.59 Å². The maximum Gasteiger partial charge on any atom is 0.417 e. The summed E-state index contributed by atoms with van der Waals surface area (Å²) in [7, 11) is 0. The van der Waals surface area contributed by atoms with Gasteiger partial charge in [0.05, 0.1) is 6.04 Å². The van der Waals surface area contributed by atoms with Gasteiger partial charge in [-0.05, 0) is 24.5 Å². The molecule has 2 aliphatic heterocycles. The molecule has 3 rings (SSSR count). The minimum Gasteiger partial charge on any atom is -0.439 e. The van der Waals surface area contributed by atoms with E-state index in [0.717, 1.165) is 4.90 Å². The molecule has 0 radical (unpaired) electrons. The van der Waals surface area contributed by atoms with Crippen LogP contribution in [0, 0.1) is 5.82 Å². The SMILES string of the molecule is O=C(CCc1ccccc1F)N1CC[C@@H](N2C(=O)COC2=O)C1. The van der Waals surface area contributed by atoms with Crippen molar-refractivity contribution in [2.75, 3.05) is 19.7 Å². The van der Waals surface area contributed by atoms with E-state index < -0.39 is 6.09 Å². The highest BCUT2D eigenvalue weighted by Gasteiger charge is 2.41. The van der Waals surface area contributed by atoms with E-state index in [1.807, 2.05) is 0 Å². The van der Waals surface area contributed by atoms with Gasteiger partial charge in [0, 0.05) is 19.5 Å². The molecular formula is C16H17FN2O4. The smallest absolute Gasteiger partial charge is 0.417 e. The summed E-state index contributed by atoms with van der Waals surface area (Å²) in [4.78, 5) is 38.1. The largest absolute Gasteiger partial charge is 0.439 e. The number of hydrogen-bond acceptors (Lipinski definition) is 4. The summed E-state index contributed by atoms with van der Waals surface area (Å²) >= 11 is 0. The average Bonchev–Trinajstić information content (AvgIpc) is 3.13. The van der Waals surface area contributed by atoms with E-state index in [1.54, 1.807) is 23.1 Å². The van der Waals surface area contributed by atoms with Gasteiger partial charge < -0.3 is 9.64 Å². The third kappa shape index (κ3) is 3.18. The van der Waals surface area contributed by atoms with Crippen molar-refractivity contribution in [2.24, 2.45) is 0 Å². The first-order valence-electron chi connectivity index (χ1n) is 7.56. The monoisotopic (exact) mass is 320 g/mol. The molecule has 0 N–H and O–H groups in total. The zero-order valence-corrected chi connectivity index (χ0v) is 12.5. The van der Waals surface area contributed by atoms with E-state index in [0.29, 0.717) is 31.5 Å². The first-order chi connectivity index (χ1) is 11.1. The minimum atomic E-state index is -0.638. The first kappa shape index (κ1) is 15.5. The van der Waals surface area contributed by atoms with Crippen LogP contribution in [0.1, 0.15) is 18.4 Å². The molecule has 2 saturated heterocycles. The average molecular weight is 320 g/mol. The van der Waals surface area contributed by atoms with E-state index in [2.05, 4.69) is 0 Å². The third-order valence-corrected chi connectivity index (χ3v) is 4.23. The molecule has 2 fully saturated rings. The Hall–Kier alpha value is -2.44. The zero-order chi connectivity index (χ0) is 16.4. The lowest BCUT2D eigenvalue weighted by atomic mass is 10.1. The number of halogens is 1. The minimum absolute atomic E-state index is 0.101. The van der Waals surface area contributed by atoms with Crippen LogP contribution in [0.15, 0.2) is 24.3 Å². The Kier molecular flexibility index (Phi) is 4.27. The van der Waals surface area contributed by atoms with E-state index in [9.17, 15) is 18.8 Å². The fraction of sp³-hybridized carbons (Fsp3) is 0.438. The molecule has 0 saturated carbocycles. The molecule has 122 valence electrons. The lowest BCUT2D eigenvalue weighted by molar-refractivity contribution is -0.131. The highest BCUT2D eigenvalue weighted by atomic mass is 19.1. The number of ether oxygens (including phenoxy) is 1. The molecule has 0 unspecified atom stereocenters. The lowest BCUT2D eigenvalue weighted by Crippen LogP contribution is -2.42. The summed E-state index contributed by atoms with van der Waals surface area (Å²) in [6, 6.07) is 6.05. The maximum absolute atomic E-state index is 13.5. The number of cyclic esters (lactones) is 1. The van der Waals surface area contributed by atoms with Crippen LogP contribution in [0.25, 0.3) is 0 Å². The Morgan fingerprint density at radius 3 is 2.78 bits per heavy atom. The number of nitrogens with zero attached hydrogens (tertiary/aromatic N) is 2. The van der Waals surface area contributed by atoms with Crippen molar-refractivity contribution in [1.29, 1.82) is 0 Å². The number of imide groups is 1. The number of hydrogen-bond donors (Lipinski definition) is 0. The van der Waals surface area contributed by atoms with Crippen LogP contribution in [0.3, 0.4) is 0 Å². The van der Waals surface area contributed by atoms with Gasteiger partial charge in [-0.25, -0.2) is 14.1 Å². The number of carbonyl (C=O) groups excluding carboxylic acids is 3. The van der Waals surface area contributed by atoms with Gasteiger partial charge in [0.1, 0.15) is 5.82 Å². The standard InChI is InChI=1S/C16H17FN2O4/c17-13-4-2-1-3-11(13)5-6-14(20)18-8-7-12(9-18)19-15(21)10-23-16(19)22/h1-4,12H,5-10H2/t12-/m1/s1. The summed E-state index contributed by atoms with van der Waals surface area (Å²) < 4.78 is 18.2. The Morgan fingerprint density at radius 2 is 2.09 bits per heavy atom. The van der Waals surface area contributed by atoms with Gasteiger partial charge >= 0.3 is 6.09 Å². The summed E-state index contributed by atoms with van der Waals surface area (Å²) in [5.74, 6) is -0.776. The van der Waals surface area contributed by atoms with Crippen molar-refractivity contribution in [3.63, 3.8) is 0 Å². The molecule has 1 aromatic carbocycles. The van der Waals surface area contributed by atoms with Crippen molar-refractivity contribution in [2.45, 2.75) is 25.3 Å². The van der Waals surface area contributed by atoms with E-state index in [-0.39, 0.29) is 36.7 Å². The van der Waals surface area contributed by atoms with Crippen LogP contribution in [0.5, 0.6) is 0 Å². The summed E-state index contributed by atoms with van der Waals surface area (Å²) in [6.45, 7) is 0.575. The zero-order valence-electron chi connectivity index (χ0n) is 12.5. The predicted octanol–water partition coefficient (Wildman–Crippen LogP) is 1.34. The molecule has 6 nitrogen and oxygen atoms in total. The van der Waals surface area contributed by atoms with Crippen LogP contribution in [-0.2, 0) is 20.7 Å². The predicted molar refractivity (Wildman–Crippen MR) is 77.9 cm³/mol. The molecule has 1 aromatic rings. The van der Waals surface area contributed by atoms with E-state index in [1.165, 1.54) is 6.07 Å². The first-order valence-corrected chi connectivity index (χ1v) is 7.56. The molecule has 3 amide bonds. The Labute approximate surface area is 132 Å². The Bertz CT molecular complexity index is 633. The number of amides is 3. The highest BCUT2D eigenvalue weighted by molar-refractivity contribution is 5.98. The lowest BCUT2D eigenvalue weighted by Gasteiger charge is -2.20.